The Balaban J connectivity index is 1.72. The molecule has 0 saturated carbocycles. The lowest BCUT2D eigenvalue weighted by Crippen LogP contribution is -2.11. The zero-order chi connectivity index (χ0) is 18.4. The lowest BCUT2D eigenvalue weighted by molar-refractivity contribution is -0.111. The minimum Gasteiger partial charge on any atom is -0.322 e. The van der Waals surface area contributed by atoms with E-state index in [0.29, 0.717) is 0 Å². The van der Waals surface area contributed by atoms with Crippen LogP contribution in [0.3, 0.4) is 0 Å². The van der Waals surface area contributed by atoms with Crippen LogP contribution >= 0.6 is 0 Å². The van der Waals surface area contributed by atoms with Gasteiger partial charge in [0.25, 0.3) is 0 Å². The molecule has 1 heterocycles. The highest BCUT2D eigenvalue weighted by molar-refractivity contribution is 6.02. The number of hydrogen-bond acceptors (Lipinski definition) is 2. The first-order chi connectivity index (χ1) is 12.7. The number of anilines is 1. The minimum absolute atomic E-state index is 0.131. The van der Waals surface area contributed by atoms with Crippen LogP contribution < -0.4 is 5.32 Å². The van der Waals surface area contributed by atoms with Crippen LogP contribution in [0.2, 0.25) is 0 Å². The van der Waals surface area contributed by atoms with Gasteiger partial charge in [-0.3, -0.25) is 4.79 Å². The van der Waals surface area contributed by atoms with Crippen LogP contribution in [0.5, 0.6) is 0 Å². The summed E-state index contributed by atoms with van der Waals surface area (Å²) >= 11 is 0. The van der Waals surface area contributed by atoms with Crippen LogP contribution in [0, 0.1) is 0 Å². The number of aromatic nitrogens is 2. The summed E-state index contributed by atoms with van der Waals surface area (Å²) in [7, 11) is 0. The lowest BCUT2D eigenvalue weighted by Gasteiger charge is -2.13. The van der Waals surface area contributed by atoms with Crippen LogP contribution in [-0.4, -0.2) is 15.7 Å². The number of rotatable bonds is 6. The summed E-state index contributed by atoms with van der Waals surface area (Å²) in [4.78, 5) is 12.4. The zero-order valence-corrected chi connectivity index (χ0v) is 15.1. The van der Waals surface area contributed by atoms with Gasteiger partial charge in [-0.05, 0) is 42.2 Å². The molecule has 26 heavy (non-hydrogen) atoms. The fourth-order valence-corrected chi connectivity index (χ4v) is 2.88. The molecule has 4 nitrogen and oxygen atoms in total. The molecule has 0 saturated heterocycles. The molecule has 0 spiro atoms. The summed E-state index contributed by atoms with van der Waals surface area (Å²) in [6, 6.07) is 16.0. The Bertz CT molecular complexity index is 888. The van der Waals surface area contributed by atoms with Crippen molar-refractivity contribution in [2.45, 2.75) is 26.7 Å². The van der Waals surface area contributed by atoms with E-state index in [1.807, 2.05) is 42.6 Å². The maximum absolute atomic E-state index is 12.4. The Morgan fingerprint density at radius 1 is 1.04 bits per heavy atom. The number of carbonyl (C=O) groups is 1. The highest BCUT2D eigenvalue weighted by Crippen LogP contribution is 2.22. The van der Waals surface area contributed by atoms with Crippen molar-refractivity contribution >= 4 is 17.7 Å². The molecule has 3 aromatic rings. The standard InChI is InChI=1S/C22H23N3O/c1-3-18-9-8-10-19(4-2)22(18)24-21(26)14-13-17-15-23-25(16-17)20-11-6-5-7-12-20/h5-16H,3-4H2,1-2H3,(H,24,26)/b14-13+. The Labute approximate surface area is 154 Å². The third-order valence-corrected chi connectivity index (χ3v) is 4.30. The highest BCUT2D eigenvalue weighted by Gasteiger charge is 2.08. The van der Waals surface area contributed by atoms with Crippen LogP contribution in [0.25, 0.3) is 11.8 Å². The second-order valence-electron chi connectivity index (χ2n) is 6.03. The topological polar surface area (TPSA) is 46.9 Å². The summed E-state index contributed by atoms with van der Waals surface area (Å²) in [6.07, 6.45) is 8.75. The highest BCUT2D eigenvalue weighted by atomic mass is 16.1. The molecular formula is C22H23N3O. The van der Waals surface area contributed by atoms with Gasteiger partial charge in [0.1, 0.15) is 0 Å². The summed E-state index contributed by atoms with van der Waals surface area (Å²) in [5.74, 6) is -0.131. The summed E-state index contributed by atoms with van der Waals surface area (Å²) < 4.78 is 1.79. The van der Waals surface area contributed by atoms with Gasteiger partial charge in [0, 0.05) is 23.5 Å². The predicted molar refractivity (Wildman–Crippen MR) is 106 cm³/mol. The molecule has 0 atom stereocenters. The first-order valence-corrected chi connectivity index (χ1v) is 8.91. The van der Waals surface area contributed by atoms with Crippen molar-refractivity contribution in [2.24, 2.45) is 0 Å². The quantitative estimate of drug-likeness (QED) is 0.661. The first-order valence-electron chi connectivity index (χ1n) is 8.91. The summed E-state index contributed by atoms with van der Waals surface area (Å²) in [5.41, 5.74) is 5.11. The summed E-state index contributed by atoms with van der Waals surface area (Å²) in [6.45, 7) is 4.19. The van der Waals surface area contributed by atoms with Crippen LogP contribution in [0.1, 0.15) is 30.5 Å². The molecule has 0 fully saturated rings. The summed E-state index contributed by atoms with van der Waals surface area (Å²) in [5, 5.41) is 7.37. The van der Waals surface area contributed by atoms with Crippen LogP contribution in [-0.2, 0) is 17.6 Å². The fourth-order valence-electron chi connectivity index (χ4n) is 2.88. The number of nitrogens with zero attached hydrogens (tertiary/aromatic N) is 2. The molecule has 0 bridgehead atoms. The van der Waals surface area contributed by atoms with E-state index < -0.39 is 0 Å². The molecule has 1 aromatic heterocycles. The average molecular weight is 345 g/mol. The Morgan fingerprint density at radius 2 is 1.73 bits per heavy atom. The molecule has 1 N–H and O–H groups in total. The molecule has 4 heteroatoms. The second kappa shape index (κ2) is 8.30. The fraction of sp³-hybridized carbons (Fsp3) is 0.182. The number of aryl methyl sites for hydroxylation is 2. The van der Waals surface area contributed by atoms with E-state index in [4.69, 9.17) is 0 Å². The van der Waals surface area contributed by atoms with Gasteiger partial charge in [0.2, 0.25) is 5.91 Å². The van der Waals surface area contributed by atoms with Crippen molar-refractivity contribution in [1.82, 2.24) is 9.78 Å². The Hall–Kier alpha value is -3.14. The third-order valence-electron chi connectivity index (χ3n) is 4.30. The smallest absolute Gasteiger partial charge is 0.248 e. The molecule has 132 valence electrons. The van der Waals surface area contributed by atoms with E-state index in [0.717, 1.165) is 40.9 Å². The largest absolute Gasteiger partial charge is 0.322 e. The van der Waals surface area contributed by atoms with Gasteiger partial charge in [-0.2, -0.15) is 5.10 Å². The van der Waals surface area contributed by atoms with Crippen molar-refractivity contribution in [1.29, 1.82) is 0 Å². The second-order valence-corrected chi connectivity index (χ2v) is 6.03. The van der Waals surface area contributed by atoms with Crippen LogP contribution in [0.15, 0.2) is 67.0 Å². The van der Waals surface area contributed by atoms with Crippen molar-refractivity contribution in [2.75, 3.05) is 5.32 Å². The van der Waals surface area contributed by atoms with Gasteiger partial charge in [-0.1, -0.05) is 50.2 Å². The molecule has 0 aliphatic carbocycles. The van der Waals surface area contributed by atoms with E-state index in [1.54, 1.807) is 23.0 Å². The van der Waals surface area contributed by atoms with Crippen molar-refractivity contribution in [3.8, 4) is 5.69 Å². The number of benzene rings is 2. The lowest BCUT2D eigenvalue weighted by atomic mass is 10.0. The van der Waals surface area contributed by atoms with Crippen molar-refractivity contribution in [3.63, 3.8) is 0 Å². The third kappa shape index (κ3) is 4.09. The molecule has 2 aromatic carbocycles. The van der Waals surface area contributed by atoms with Crippen LogP contribution in [0.4, 0.5) is 5.69 Å². The van der Waals surface area contributed by atoms with Gasteiger partial charge in [0.05, 0.1) is 11.9 Å². The normalized spacial score (nSPS) is 11.0. The molecular weight excluding hydrogens is 322 g/mol. The average Bonchev–Trinajstić information content (AvgIpc) is 3.16. The number of hydrogen-bond donors (Lipinski definition) is 1. The van der Waals surface area contributed by atoms with Gasteiger partial charge in [-0.25, -0.2) is 4.68 Å². The Morgan fingerprint density at radius 3 is 2.38 bits per heavy atom. The molecule has 0 aliphatic rings. The maximum Gasteiger partial charge on any atom is 0.248 e. The monoisotopic (exact) mass is 345 g/mol. The van der Waals surface area contributed by atoms with Crippen molar-refractivity contribution < 1.29 is 4.79 Å². The molecule has 0 aliphatic heterocycles. The zero-order valence-electron chi connectivity index (χ0n) is 15.1. The van der Waals surface area contributed by atoms with Gasteiger partial charge >= 0.3 is 0 Å². The number of carbonyl (C=O) groups excluding carboxylic acids is 1. The maximum atomic E-state index is 12.4. The first kappa shape index (κ1) is 17.7. The van der Waals surface area contributed by atoms with E-state index in [9.17, 15) is 4.79 Å². The van der Waals surface area contributed by atoms with Crippen molar-refractivity contribution in [3.05, 3.63) is 83.7 Å². The van der Waals surface area contributed by atoms with E-state index in [-0.39, 0.29) is 5.91 Å². The van der Waals surface area contributed by atoms with E-state index >= 15 is 0 Å². The Kier molecular flexibility index (Phi) is 5.64. The van der Waals surface area contributed by atoms with E-state index in [2.05, 4.69) is 36.4 Å². The number of amides is 1. The van der Waals surface area contributed by atoms with Gasteiger partial charge < -0.3 is 5.32 Å². The minimum atomic E-state index is -0.131. The number of para-hydroxylation sites is 2. The molecule has 0 radical (unpaired) electrons. The molecule has 0 unspecified atom stereocenters. The van der Waals surface area contributed by atoms with Gasteiger partial charge in [-0.15, -0.1) is 0 Å². The SMILES string of the molecule is CCc1cccc(CC)c1NC(=O)/C=C/c1cnn(-c2ccccc2)c1. The van der Waals surface area contributed by atoms with Gasteiger partial charge in [0.15, 0.2) is 0 Å². The predicted octanol–water partition coefficient (Wildman–Crippen LogP) is 4.65. The molecule has 3 rings (SSSR count). The number of nitrogens with one attached hydrogen (secondary N) is 1. The molecule has 1 amide bonds. The van der Waals surface area contributed by atoms with E-state index in [1.165, 1.54) is 0 Å².